The zero-order valence-corrected chi connectivity index (χ0v) is 18.0. The molecule has 0 saturated carbocycles. The third-order valence-corrected chi connectivity index (χ3v) is 6.08. The number of thiophene rings is 1. The van der Waals surface area contributed by atoms with Crippen molar-refractivity contribution in [2.24, 2.45) is 0 Å². The maximum absolute atomic E-state index is 13.2. The van der Waals surface area contributed by atoms with Gasteiger partial charge in [-0.2, -0.15) is 0 Å². The predicted molar refractivity (Wildman–Crippen MR) is 124 cm³/mol. The highest BCUT2D eigenvalue weighted by Gasteiger charge is 2.15. The van der Waals surface area contributed by atoms with Crippen LogP contribution >= 0.6 is 11.3 Å². The van der Waals surface area contributed by atoms with E-state index in [0.717, 1.165) is 16.7 Å². The molecule has 0 aliphatic carbocycles. The Balaban J connectivity index is 1.56. The van der Waals surface area contributed by atoms with Crippen molar-refractivity contribution in [1.29, 1.82) is 0 Å². The maximum atomic E-state index is 13.2. The first kappa shape index (κ1) is 20.8. The number of amides is 1. The Labute approximate surface area is 183 Å². The Morgan fingerprint density at radius 2 is 1.68 bits per heavy atom. The molecule has 0 fully saturated rings. The Bertz CT molecular complexity index is 1320. The van der Waals surface area contributed by atoms with Gasteiger partial charge in [-0.25, -0.2) is 4.79 Å². The van der Waals surface area contributed by atoms with Gasteiger partial charge < -0.3 is 5.32 Å². The van der Waals surface area contributed by atoms with Crippen LogP contribution in [0.1, 0.15) is 23.1 Å². The lowest BCUT2D eigenvalue weighted by Gasteiger charge is -2.13. The normalized spacial score (nSPS) is 11.0. The molecular formula is C24H23N3O3S. The van der Waals surface area contributed by atoms with Crippen molar-refractivity contribution in [2.45, 2.75) is 33.0 Å². The summed E-state index contributed by atoms with van der Waals surface area (Å²) in [6.07, 6.45) is 0.0589. The standard InChI is InChI=1S/C24H23N3O3S/c1-17-7-9-19(10-8-17)16-27-20-12-14-31-22(20)23(29)26(24(27)30)13-11-21(28)25-15-18-5-3-2-4-6-18/h2-10,12,14H,11,13,15-16H2,1H3,(H,25,28). The van der Waals surface area contributed by atoms with Crippen LogP contribution in [-0.2, 0) is 24.4 Å². The summed E-state index contributed by atoms with van der Waals surface area (Å²) in [5.74, 6) is -0.202. The summed E-state index contributed by atoms with van der Waals surface area (Å²) in [6.45, 7) is 2.83. The number of nitrogens with zero attached hydrogens (tertiary/aromatic N) is 2. The Morgan fingerprint density at radius 1 is 0.935 bits per heavy atom. The molecule has 0 unspecified atom stereocenters. The lowest BCUT2D eigenvalue weighted by Crippen LogP contribution is -2.40. The molecular weight excluding hydrogens is 410 g/mol. The second-order valence-electron chi connectivity index (χ2n) is 7.46. The number of hydrogen-bond acceptors (Lipinski definition) is 4. The van der Waals surface area contributed by atoms with Gasteiger partial charge in [-0.15, -0.1) is 11.3 Å². The summed E-state index contributed by atoms with van der Waals surface area (Å²) in [6, 6.07) is 19.4. The molecule has 2 aromatic carbocycles. The third-order valence-electron chi connectivity index (χ3n) is 5.19. The number of hydrogen-bond donors (Lipinski definition) is 1. The number of aryl methyl sites for hydroxylation is 1. The molecule has 6 nitrogen and oxygen atoms in total. The van der Waals surface area contributed by atoms with Crippen molar-refractivity contribution < 1.29 is 4.79 Å². The van der Waals surface area contributed by atoms with Crippen molar-refractivity contribution in [3.8, 4) is 0 Å². The van der Waals surface area contributed by atoms with Crippen molar-refractivity contribution >= 4 is 27.5 Å². The minimum absolute atomic E-state index is 0.0417. The van der Waals surface area contributed by atoms with E-state index < -0.39 is 5.69 Å². The van der Waals surface area contributed by atoms with Crippen LogP contribution in [0.2, 0.25) is 0 Å². The van der Waals surface area contributed by atoms with Crippen LogP contribution in [0.4, 0.5) is 0 Å². The number of fused-ring (bicyclic) bond motifs is 1. The SMILES string of the molecule is Cc1ccc(Cn2c(=O)n(CCC(=O)NCc3ccccc3)c(=O)c3sccc32)cc1. The van der Waals surface area contributed by atoms with Gasteiger partial charge in [-0.1, -0.05) is 60.2 Å². The Morgan fingerprint density at radius 3 is 2.42 bits per heavy atom. The largest absolute Gasteiger partial charge is 0.352 e. The van der Waals surface area contributed by atoms with E-state index in [4.69, 9.17) is 0 Å². The molecule has 31 heavy (non-hydrogen) atoms. The lowest BCUT2D eigenvalue weighted by atomic mass is 10.1. The number of carbonyl (C=O) groups excluding carboxylic acids is 1. The monoisotopic (exact) mass is 433 g/mol. The second kappa shape index (κ2) is 9.14. The fourth-order valence-corrected chi connectivity index (χ4v) is 4.30. The first-order valence-electron chi connectivity index (χ1n) is 10.1. The van der Waals surface area contributed by atoms with Gasteiger partial charge in [0, 0.05) is 19.5 Å². The number of aromatic nitrogens is 2. The molecule has 4 aromatic rings. The molecule has 7 heteroatoms. The smallest absolute Gasteiger partial charge is 0.331 e. The molecule has 0 aliphatic heterocycles. The number of nitrogens with one attached hydrogen (secondary N) is 1. The van der Waals surface area contributed by atoms with Crippen molar-refractivity contribution in [3.63, 3.8) is 0 Å². The van der Waals surface area contributed by atoms with E-state index in [9.17, 15) is 14.4 Å². The highest BCUT2D eigenvalue weighted by Crippen LogP contribution is 2.16. The van der Waals surface area contributed by atoms with Gasteiger partial charge >= 0.3 is 5.69 Å². The predicted octanol–water partition coefficient (Wildman–Crippen LogP) is 3.29. The van der Waals surface area contributed by atoms with Gasteiger partial charge in [-0.05, 0) is 29.5 Å². The van der Waals surface area contributed by atoms with Gasteiger partial charge in [0.25, 0.3) is 5.56 Å². The number of benzene rings is 2. The van der Waals surface area contributed by atoms with Crippen LogP contribution < -0.4 is 16.6 Å². The number of carbonyl (C=O) groups is 1. The minimum atomic E-state index is -0.396. The molecule has 0 atom stereocenters. The van der Waals surface area contributed by atoms with Crippen LogP contribution in [0.15, 0.2) is 75.6 Å². The summed E-state index contributed by atoms with van der Waals surface area (Å²) in [4.78, 5) is 38.3. The van der Waals surface area contributed by atoms with E-state index in [1.165, 1.54) is 15.9 Å². The molecule has 0 bridgehead atoms. The quantitative estimate of drug-likeness (QED) is 0.486. The Hall–Kier alpha value is -3.45. The molecule has 158 valence electrons. The van der Waals surface area contributed by atoms with Gasteiger partial charge in [0.05, 0.1) is 12.1 Å². The van der Waals surface area contributed by atoms with E-state index >= 15 is 0 Å². The highest BCUT2D eigenvalue weighted by molar-refractivity contribution is 7.17. The fourth-order valence-electron chi connectivity index (χ4n) is 3.46. The van der Waals surface area contributed by atoms with E-state index in [2.05, 4.69) is 5.32 Å². The van der Waals surface area contributed by atoms with Crippen LogP contribution in [0.3, 0.4) is 0 Å². The first-order chi connectivity index (χ1) is 15.0. The van der Waals surface area contributed by atoms with Gasteiger partial charge in [-0.3, -0.25) is 18.7 Å². The lowest BCUT2D eigenvalue weighted by molar-refractivity contribution is -0.121. The summed E-state index contributed by atoms with van der Waals surface area (Å²) in [5, 5.41) is 4.65. The number of rotatable bonds is 7. The van der Waals surface area contributed by atoms with Gasteiger partial charge in [0.2, 0.25) is 5.91 Å². The van der Waals surface area contributed by atoms with Crippen molar-refractivity contribution in [3.05, 3.63) is 104 Å². The maximum Gasteiger partial charge on any atom is 0.331 e. The van der Waals surface area contributed by atoms with Crippen LogP contribution in [0.5, 0.6) is 0 Å². The zero-order valence-electron chi connectivity index (χ0n) is 17.2. The van der Waals surface area contributed by atoms with Crippen LogP contribution in [0, 0.1) is 6.92 Å². The second-order valence-corrected chi connectivity index (χ2v) is 8.37. The summed E-state index contributed by atoms with van der Waals surface area (Å²) >= 11 is 1.31. The summed E-state index contributed by atoms with van der Waals surface area (Å²) in [5.41, 5.74) is 3.01. The molecule has 1 amide bonds. The molecule has 0 saturated heterocycles. The summed E-state index contributed by atoms with van der Waals surface area (Å²) in [7, 11) is 0. The minimum Gasteiger partial charge on any atom is -0.352 e. The molecule has 0 radical (unpaired) electrons. The van der Waals surface area contributed by atoms with Crippen molar-refractivity contribution in [2.75, 3.05) is 0 Å². The topological polar surface area (TPSA) is 73.1 Å². The Kier molecular flexibility index (Phi) is 6.13. The van der Waals surface area contributed by atoms with E-state index in [1.54, 1.807) is 10.6 Å². The van der Waals surface area contributed by atoms with E-state index in [-0.39, 0.29) is 24.4 Å². The van der Waals surface area contributed by atoms with Crippen molar-refractivity contribution in [1.82, 2.24) is 14.5 Å². The molecule has 2 heterocycles. The molecule has 4 rings (SSSR count). The third kappa shape index (κ3) is 4.67. The molecule has 0 aliphatic rings. The highest BCUT2D eigenvalue weighted by atomic mass is 32.1. The van der Waals surface area contributed by atoms with E-state index in [0.29, 0.717) is 23.3 Å². The van der Waals surface area contributed by atoms with E-state index in [1.807, 2.05) is 66.9 Å². The molecule has 0 spiro atoms. The zero-order chi connectivity index (χ0) is 21.8. The molecule has 1 N–H and O–H groups in total. The average Bonchev–Trinajstić information content (AvgIpc) is 3.27. The summed E-state index contributed by atoms with van der Waals surface area (Å²) < 4.78 is 3.31. The van der Waals surface area contributed by atoms with Crippen LogP contribution in [0.25, 0.3) is 10.2 Å². The van der Waals surface area contributed by atoms with Gasteiger partial charge in [0.1, 0.15) is 4.70 Å². The van der Waals surface area contributed by atoms with Crippen LogP contribution in [-0.4, -0.2) is 15.0 Å². The fraction of sp³-hybridized carbons (Fsp3) is 0.208. The van der Waals surface area contributed by atoms with Gasteiger partial charge in [0.15, 0.2) is 0 Å². The first-order valence-corrected chi connectivity index (χ1v) is 11.0. The average molecular weight is 434 g/mol. The molecule has 2 aromatic heterocycles.